The van der Waals surface area contributed by atoms with E-state index >= 15 is 0 Å². The molecule has 0 unspecified atom stereocenters. The maximum atomic E-state index is 12.6. The van der Waals surface area contributed by atoms with E-state index in [0.717, 1.165) is 22.4 Å². The van der Waals surface area contributed by atoms with Crippen LogP contribution in [0.4, 0.5) is 5.69 Å². The van der Waals surface area contributed by atoms with Gasteiger partial charge in [-0.3, -0.25) is 14.4 Å². The van der Waals surface area contributed by atoms with Crippen molar-refractivity contribution in [1.82, 2.24) is 14.6 Å². The van der Waals surface area contributed by atoms with Gasteiger partial charge in [-0.25, -0.2) is 4.90 Å². The fraction of sp³-hybridized carbons (Fsp3) is 0. The number of thiazole rings is 1. The van der Waals surface area contributed by atoms with E-state index in [1.54, 1.807) is 18.2 Å². The van der Waals surface area contributed by atoms with Gasteiger partial charge in [0, 0.05) is 5.02 Å². The van der Waals surface area contributed by atoms with Crippen molar-refractivity contribution >= 4 is 45.4 Å². The maximum Gasteiger partial charge on any atom is 0.292 e. The summed E-state index contributed by atoms with van der Waals surface area (Å²) in [6, 6.07) is 6.45. The van der Waals surface area contributed by atoms with Gasteiger partial charge in [0.25, 0.3) is 17.4 Å². The Kier molecular flexibility index (Phi) is 2.65. The zero-order chi connectivity index (χ0) is 15.4. The smallest absolute Gasteiger partial charge is 0.267 e. The topological polar surface area (TPSA) is 84.6 Å². The van der Waals surface area contributed by atoms with Crippen molar-refractivity contribution in [1.29, 1.82) is 0 Å². The van der Waals surface area contributed by atoms with Gasteiger partial charge in [0.1, 0.15) is 11.1 Å². The van der Waals surface area contributed by atoms with E-state index in [9.17, 15) is 14.4 Å². The highest BCUT2D eigenvalue weighted by atomic mass is 35.5. The Balaban J connectivity index is 1.92. The third kappa shape index (κ3) is 1.71. The largest absolute Gasteiger partial charge is 0.292 e. The van der Waals surface area contributed by atoms with Crippen LogP contribution in [0.5, 0.6) is 0 Å². The third-order valence-electron chi connectivity index (χ3n) is 3.16. The van der Waals surface area contributed by atoms with Crippen molar-refractivity contribution < 1.29 is 9.59 Å². The predicted octanol–water partition coefficient (Wildman–Crippen LogP) is 1.60. The number of fused-ring (bicyclic) bond motifs is 3. The van der Waals surface area contributed by atoms with Crippen molar-refractivity contribution in [3.63, 3.8) is 0 Å². The molecule has 108 valence electrons. The highest BCUT2D eigenvalue weighted by Crippen LogP contribution is 2.33. The number of anilines is 1. The number of benzene rings is 1. The van der Waals surface area contributed by atoms with E-state index in [1.165, 1.54) is 10.6 Å². The van der Waals surface area contributed by atoms with Gasteiger partial charge < -0.3 is 0 Å². The second-order valence-electron chi connectivity index (χ2n) is 4.49. The van der Waals surface area contributed by atoms with Gasteiger partial charge in [-0.1, -0.05) is 29.0 Å². The number of halogens is 1. The Morgan fingerprint density at radius 1 is 1.14 bits per heavy atom. The Morgan fingerprint density at radius 2 is 1.95 bits per heavy atom. The molecule has 7 nitrogen and oxygen atoms in total. The van der Waals surface area contributed by atoms with E-state index in [1.807, 2.05) is 0 Å². The van der Waals surface area contributed by atoms with Crippen molar-refractivity contribution in [3.05, 3.63) is 56.4 Å². The lowest BCUT2D eigenvalue weighted by Crippen LogP contribution is -2.30. The van der Waals surface area contributed by atoms with Crippen LogP contribution in [0.15, 0.2) is 35.3 Å². The molecule has 0 spiro atoms. The lowest BCUT2D eigenvalue weighted by atomic mass is 10.3. The highest BCUT2D eigenvalue weighted by molar-refractivity contribution is 7.19. The molecule has 0 atom stereocenters. The van der Waals surface area contributed by atoms with Crippen LogP contribution in [-0.4, -0.2) is 26.4 Å². The molecule has 3 heterocycles. The van der Waals surface area contributed by atoms with E-state index in [4.69, 9.17) is 11.6 Å². The molecular formula is C13H5ClN4O3S. The summed E-state index contributed by atoms with van der Waals surface area (Å²) in [7, 11) is 0. The fourth-order valence-corrected chi connectivity index (χ4v) is 3.44. The predicted molar refractivity (Wildman–Crippen MR) is 79.7 cm³/mol. The van der Waals surface area contributed by atoms with Crippen LogP contribution in [0.1, 0.15) is 20.2 Å². The van der Waals surface area contributed by atoms with Crippen LogP contribution in [0.25, 0.3) is 4.96 Å². The minimum Gasteiger partial charge on any atom is -0.267 e. The standard InChI is InChI=1S/C13H5ClN4O3S/c14-6-2-1-3-7(4-6)17-11(20)9-10(12(17)21)22-13-16-8(19)5-15-18(9)13/h1-5H. The molecule has 0 N–H and O–H groups in total. The maximum absolute atomic E-state index is 12.6. The van der Waals surface area contributed by atoms with Gasteiger partial charge in [-0.05, 0) is 18.2 Å². The fourth-order valence-electron chi connectivity index (χ4n) is 2.26. The number of amides is 2. The summed E-state index contributed by atoms with van der Waals surface area (Å²) in [5.74, 6) is -1.00. The SMILES string of the molecule is O=C1c2sc3nc(=O)cnn3c2C(=O)N1c1cccc(Cl)c1. The molecule has 1 aromatic carbocycles. The zero-order valence-electron chi connectivity index (χ0n) is 10.7. The number of carbonyl (C=O) groups is 2. The summed E-state index contributed by atoms with van der Waals surface area (Å²) < 4.78 is 1.21. The van der Waals surface area contributed by atoms with Gasteiger partial charge in [-0.2, -0.15) is 14.6 Å². The third-order valence-corrected chi connectivity index (χ3v) is 4.41. The lowest BCUT2D eigenvalue weighted by molar-refractivity contribution is 0.0924. The first-order valence-electron chi connectivity index (χ1n) is 6.09. The number of imide groups is 1. The van der Waals surface area contributed by atoms with E-state index in [-0.39, 0.29) is 15.5 Å². The Morgan fingerprint density at radius 3 is 2.73 bits per heavy atom. The van der Waals surface area contributed by atoms with Gasteiger partial charge in [-0.15, -0.1) is 0 Å². The summed E-state index contributed by atoms with van der Waals surface area (Å²) in [5.41, 5.74) is -0.0305. The van der Waals surface area contributed by atoms with Crippen LogP contribution in [0.2, 0.25) is 5.02 Å². The summed E-state index contributed by atoms with van der Waals surface area (Å²) in [6.45, 7) is 0. The molecule has 2 amide bonds. The summed E-state index contributed by atoms with van der Waals surface area (Å²) in [4.78, 5) is 41.5. The average Bonchev–Trinajstić information content (AvgIpc) is 2.95. The first-order chi connectivity index (χ1) is 10.6. The number of hydrogen-bond acceptors (Lipinski definition) is 6. The number of hydrogen-bond donors (Lipinski definition) is 0. The molecule has 1 aliphatic rings. The van der Waals surface area contributed by atoms with Gasteiger partial charge in [0.05, 0.1) is 5.69 Å². The van der Waals surface area contributed by atoms with Crippen molar-refractivity contribution in [2.24, 2.45) is 0 Å². The Bertz CT molecular complexity index is 1030. The molecule has 0 saturated carbocycles. The summed E-state index contributed by atoms with van der Waals surface area (Å²) in [5, 5.41) is 4.29. The minimum absolute atomic E-state index is 0.109. The van der Waals surface area contributed by atoms with Crippen molar-refractivity contribution in [2.45, 2.75) is 0 Å². The molecule has 4 rings (SSSR count). The summed E-state index contributed by atoms with van der Waals surface area (Å²) in [6.07, 6.45) is 1.000. The summed E-state index contributed by atoms with van der Waals surface area (Å²) >= 11 is 6.87. The molecule has 2 aromatic heterocycles. The van der Waals surface area contributed by atoms with E-state index in [0.29, 0.717) is 10.7 Å². The van der Waals surface area contributed by atoms with Crippen LogP contribution >= 0.6 is 22.9 Å². The quantitative estimate of drug-likeness (QED) is 0.632. The Labute approximate surface area is 131 Å². The lowest BCUT2D eigenvalue weighted by Gasteiger charge is -2.14. The minimum atomic E-state index is -0.522. The monoisotopic (exact) mass is 332 g/mol. The van der Waals surface area contributed by atoms with Gasteiger partial charge in [0.15, 0.2) is 5.69 Å². The van der Waals surface area contributed by atoms with Crippen LogP contribution in [-0.2, 0) is 0 Å². The molecule has 0 radical (unpaired) electrons. The molecule has 0 fully saturated rings. The van der Waals surface area contributed by atoms with Crippen LogP contribution in [0, 0.1) is 0 Å². The highest BCUT2D eigenvalue weighted by Gasteiger charge is 2.41. The molecule has 22 heavy (non-hydrogen) atoms. The van der Waals surface area contributed by atoms with Crippen LogP contribution in [0.3, 0.4) is 0 Å². The van der Waals surface area contributed by atoms with Crippen LogP contribution < -0.4 is 10.5 Å². The molecule has 3 aromatic rings. The van der Waals surface area contributed by atoms with E-state index in [2.05, 4.69) is 10.1 Å². The number of carbonyl (C=O) groups excluding carboxylic acids is 2. The molecule has 9 heteroatoms. The molecular weight excluding hydrogens is 328 g/mol. The van der Waals surface area contributed by atoms with Gasteiger partial charge >= 0.3 is 0 Å². The van der Waals surface area contributed by atoms with Crippen molar-refractivity contribution in [2.75, 3.05) is 4.90 Å². The van der Waals surface area contributed by atoms with E-state index < -0.39 is 17.4 Å². The second-order valence-corrected chi connectivity index (χ2v) is 5.91. The molecule has 0 saturated heterocycles. The average molecular weight is 333 g/mol. The number of rotatable bonds is 1. The first-order valence-corrected chi connectivity index (χ1v) is 7.29. The normalized spacial score (nSPS) is 14.0. The molecule has 0 aliphatic carbocycles. The molecule has 0 bridgehead atoms. The van der Waals surface area contributed by atoms with Gasteiger partial charge in [0.2, 0.25) is 4.96 Å². The number of nitrogens with zero attached hydrogens (tertiary/aromatic N) is 4. The molecule has 1 aliphatic heterocycles. The number of aromatic nitrogens is 3. The first kappa shape index (κ1) is 13.1. The Hall–Kier alpha value is -2.58. The zero-order valence-corrected chi connectivity index (χ0v) is 12.3. The second kappa shape index (κ2) is 4.46. The van der Waals surface area contributed by atoms with Crippen molar-refractivity contribution in [3.8, 4) is 0 Å².